The summed E-state index contributed by atoms with van der Waals surface area (Å²) < 4.78 is 10.4. The summed E-state index contributed by atoms with van der Waals surface area (Å²) in [4.78, 5) is 2.57. The highest BCUT2D eigenvalue weighted by molar-refractivity contribution is 4.90. The van der Waals surface area contributed by atoms with Gasteiger partial charge in [-0.2, -0.15) is 0 Å². The smallest absolute Gasteiger partial charge is 0.0700 e. The Morgan fingerprint density at radius 2 is 2.00 bits per heavy atom. The Morgan fingerprint density at radius 3 is 2.62 bits per heavy atom. The van der Waals surface area contributed by atoms with Gasteiger partial charge in [0, 0.05) is 26.2 Å². The maximum Gasteiger partial charge on any atom is 0.0700 e. The molecule has 3 aliphatic heterocycles. The van der Waals surface area contributed by atoms with E-state index in [0.717, 1.165) is 19.1 Å². The molecule has 3 heterocycles. The van der Waals surface area contributed by atoms with Gasteiger partial charge in [0.05, 0.1) is 19.8 Å². The molecule has 3 saturated heterocycles. The van der Waals surface area contributed by atoms with E-state index in [1.54, 1.807) is 7.11 Å². The van der Waals surface area contributed by atoms with Crippen molar-refractivity contribution in [1.82, 2.24) is 10.2 Å². The summed E-state index contributed by atoms with van der Waals surface area (Å²) in [5.41, 5.74) is 0. The number of rotatable bonds is 7. The Labute approximate surface area is 98.3 Å². The Morgan fingerprint density at radius 1 is 1.19 bits per heavy atom. The van der Waals surface area contributed by atoms with Gasteiger partial charge in [-0.15, -0.1) is 0 Å². The van der Waals surface area contributed by atoms with Crippen LogP contribution in [-0.2, 0) is 9.47 Å². The highest BCUT2D eigenvalue weighted by atomic mass is 16.5. The lowest BCUT2D eigenvalue weighted by Gasteiger charge is -2.45. The Hall–Kier alpha value is -0.160. The van der Waals surface area contributed by atoms with Crippen LogP contribution in [0.15, 0.2) is 0 Å². The van der Waals surface area contributed by atoms with E-state index in [0.29, 0.717) is 19.3 Å². The summed E-state index contributed by atoms with van der Waals surface area (Å²) in [5, 5.41) is 3.62. The Kier molecular flexibility index (Phi) is 5.03. The normalized spacial score (nSPS) is 33.2. The molecule has 16 heavy (non-hydrogen) atoms. The van der Waals surface area contributed by atoms with Gasteiger partial charge in [0.2, 0.25) is 0 Å². The molecule has 1 N–H and O–H groups in total. The van der Waals surface area contributed by atoms with Crippen molar-refractivity contribution >= 4 is 0 Å². The Balaban J connectivity index is 1.53. The molecular formula is C12H24N2O2. The summed E-state index contributed by atoms with van der Waals surface area (Å²) in [6.45, 7) is 7.03. The molecule has 0 spiro atoms. The van der Waals surface area contributed by atoms with Crippen LogP contribution in [0.2, 0.25) is 0 Å². The van der Waals surface area contributed by atoms with Gasteiger partial charge >= 0.3 is 0 Å². The van der Waals surface area contributed by atoms with Gasteiger partial charge in [-0.1, -0.05) is 0 Å². The maximum absolute atomic E-state index is 5.44. The number of hydrogen-bond donors (Lipinski definition) is 1. The molecule has 3 fully saturated rings. The highest BCUT2D eigenvalue weighted by Gasteiger charge is 2.33. The monoisotopic (exact) mass is 228 g/mol. The number of ether oxygens (including phenoxy) is 2. The fraction of sp³-hybridized carbons (Fsp3) is 1.00. The minimum atomic E-state index is 0.694. The van der Waals surface area contributed by atoms with Crippen LogP contribution in [0.25, 0.3) is 0 Å². The molecule has 1 atom stereocenters. The highest BCUT2D eigenvalue weighted by Crippen LogP contribution is 2.27. The summed E-state index contributed by atoms with van der Waals surface area (Å²) in [6, 6.07) is 0.702. The minimum Gasteiger partial charge on any atom is -0.382 e. The van der Waals surface area contributed by atoms with Crippen molar-refractivity contribution in [3.8, 4) is 0 Å². The molecule has 0 aromatic carbocycles. The fourth-order valence-corrected chi connectivity index (χ4v) is 2.76. The molecule has 0 aliphatic carbocycles. The number of piperidine rings is 3. The second kappa shape index (κ2) is 6.55. The van der Waals surface area contributed by atoms with Crippen molar-refractivity contribution in [3.63, 3.8) is 0 Å². The van der Waals surface area contributed by atoms with Crippen LogP contribution in [0, 0.1) is 5.92 Å². The first-order valence-electron chi connectivity index (χ1n) is 6.42. The summed E-state index contributed by atoms with van der Waals surface area (Å²) >= 11 is 0. The lowest BCUT2D eigenvalue weighted by atomic mass is 9.84. The zero-order valence-electron chi connectivity index (χ0n) is 10.3. The van der Waals surface area contributed by atoms with Crippen LogP contribution in [0.5, 0.6) is 0 Å². The molecule has 94 valence electrons. The number of methoxy groups -OCH3 is 1. The molecule has 2 bridgehead atoms. The molecule has 3 rings (SSSR count). The van der Waals surface area contributed by atoms with E-state index in [2.05, 4.69) is 10.2 Å². The van der Waals surface area contributed by atoms with Crippen molar-refractivity contribution in [2.45, 2.75) is 18.9 Å². The van der Waals surface area contributed by atoms with E-state index < -0.39 is 0 Å². The number of nitrogens with one attached hydrogen (secondary N) is 1. The summed E-state index contributed by atoms with van der Waals surface area (Å²) in [7, 11) is 1.70. The van der Waals surface area contributed by atoms with E-state index in [1.165, 1.54) is 32.5 Å². The third-order valence-electron chi connectivity index (χ3n) is 3.74. The third-order valence-corrected chi connectivity index (χ3v) is 3.74. The average molecular weight is 228 g/mol. The van der Waals surface area contributed by atoms with Gasteiger partial charge in [0.25, 0.3) is 0 Å². The average Bonchev–Trinajstić information content (AvgIpc) is 2.35. The topological polar surface area (TPSA) is 33.7 Å². The van der Waals surface area contributed by atoms with Crippen LogP contribution in [0.1, 0.15) is 12.8 Å². The predicted molar refractivity (Wildman–Crippen MR) is 63.6 cm³/mol. The lowest BCUT2D eigenvalue weighted by molar-refractivity contribution is 0.0528. The molecule has 4 heteroatoms. The van der Waals surface area contributed by atoms with Crippen LogP contribution in [-0.4, -0.2) is 64.1 Å². The summed E-state index contributed by atoms with van der Waals surface area (Å²) in [5.74, 6) is 0.906. The van der Waals surface area contributed by atoms with E-state index in [9.17, 15) is 0 Å². The molecule has 1 unspecified atom stereocenters. The minimum absolute atomic E-state index is 0.694. The quantitative estimate of drug-likeness (QED) is 0.637. The number of nitrogens with zero attached hydrogens (tertiary/aromatic N) is 1. The second-order valence-corrected chi connectivity index (χ2v) is 4.80. The van der Waals surface area contributed by atoms with E-state index in [-0.39, 0.29) is 0 Å². The first-order chi connectivity index (χ1) is 7.90. The van der Waals surface area contributed by atoms with Crippen molar-refractivity contribution in [2.24, 2.45) is 5.92 Å². The first-order valence-corrected chi connectivity index (χ1v) is 6.42. The van der Waals surface area contributed by atoms with Crippen LogP contribution in [0.3, 0.4) is 0 Å². The van der Waals surface area contributed by atoms with Crippen LogP contribution in [0.4, 0.5) is 0 Å². The van der Waals surface area contributed by atoms with Crippen molar-refractivity contribution in [2.75, 3.05) is 53.1 Å². The van der Waals surface area contributed by atoms with Gasteiger partial charge in [-0.05, 0) is 31.8 Å². The largest absolute Gasteiger partial charge is 0.382 e. The van der Waals surface area contributed by atoms with E-state index in [1.807, 2.05) is 0 Å². The zero-order valence-corrected chi connectivity index (χ0v) is 10.3. The van der Waals surface area contributed by atoms with Gasteiger partial charge in [0.15, 0.2) is 0 Å². The van der Waals surface area contributed by atoms with Crippen LogP contribution >= 0.6 is 0 Å². The molecule has 0 radical (unpaired) electrons. The molecule has 0 amide bonds. The SMILES string of the molecule is COCCOCCNC1CN2CCC1CC2. The number of fused-ring (bicyclic) bond motifs is 3. The van der Waals surface area contributed by atoms with Crippen molar-refractivity contribution in [3.05, 3.63) is 0 Å². The fourth-order valence-electron chi connectivity index (χ4n) is 2.76. The molecular weight excluding hydrogens is 204 g/mol. The van der Waals surface area contributed by atoms with Gasteiger partial charge < -0.3 is 19.7 Å². The van der Waals surface area contributed by atoms with E-state index in [4.69, 9.17) is 9.47 Å². The standard InChI is InChI=1S/C12H24N2O2/c1-15-8-9-16-7-4-13-12-10-14-5-2-11(12)3-6-14/h11-13H,2-10H2,1H3. The second-order valence-electron chi connectivity index (χ2n) is 4.80. The van der Waals surface area contributed by atoms with Gasteiger partial charge in [0.1, 0.15) is 0 Å². The number of hydrogen-bond acceptors (Lipinski definition) is 4. The lowest BCUT2D eigenvalue weighted by Crippen LogP contribution is -2.56. The van der Waals surface area contributed by atoms with Gasteiger partial charge in [-0.25, -0.2) is 0 Å². The molecule has 0 aromatic rings. The summed E-state index contributed by atoms with van der Waals surface area (Å²) in [6.07, 6.45) is 2.75. The molecule has 4 nitrogen and oxygen atoms in total. The van der Waals surface area contributed by atoms with Crippen molar-refractivity contribution < 1.29 is 9.47 Å². The molecule has 3 aliphatic rings. The van der Waals surface area contributed by atoms with Crippen molar-refractivity contribution in [1.29, 1.82) is 0 Å². The first kappa shape index (κ1) is 12.3. The predicted octanol–water partition coefficient (Wildman–Crippen LogP) is 0.333. The molecule has 0 saturated carbocycles. The zero-order chi connectivity index (χ0) is 11.2. The third kappa shape index (κ3) is 3.42. The maximum atomic E-state index is 5.44. The van der Waals surface area contributed by atoms with Crippen LogP contribution < -0.4 is 5.32 Å². The van der Waals surface area contributed by atoms with Gasteiger partial charge in [-0.3, -0.25) is 0 Å². The Bertz CT molecular complexity index is 193. The van der Waals surface area contributed by atoms with E-state index >= 15 is 0 Å². The molecule has 0 aromatic heterocycles.